The number of hydrogen-bond donors (Lipinski definition) is 2. The van der Waals surface area contributed by atoms with Crippen molar-refractivity contribution in [1.82, 2.24) is 25.3 Å². The number of carbonyl (C=O) groups is 2. The highest BCUT2D eigenvalue weighted by atomic mass is 16.2. The van der Waals surface area contributed by atoms with Gasteiger partial charge in [-0.2, -0.15) is 5.10 Å². The average molecular weight is 307 g/mol. The third-order valence-electron chi connectivity index (χ3n) is 4.24. The second-order valence-corrected chi connectivity index (χ2v) is 6.07. The molecule has 0 atom stereocenters. The summed E-state index contributed by atoms with van der Waals surface area (Å²) in [5, 5.41) is 10.0. The Morgan fingerprint density at radius 1 is 1.32 bits per heavy atom. The lowest BCUT2D eigenvalue weighted by Crippen LogP contribution is -2.46. The predicted octanol–water partition coefficient (Wildman–Crippen LogP) is 1.04. The molecule has 22 heavy (non-hydrogen) atoms. The van der Waals surface area contributed by atoms with Crippen molar-refractivity contribution in [2.75, 3.05) is 27.2 Å². The lowest BCUT2D eigenvalue weighted by molar-refractivity contribution is -0.126. The zero-order chi connectivity index (χ0) is 16.3. The van der Waals surface area contributed by atoms with Gasteiger partial charge in [0, 0.05) is 50.9 Å². The van der Waals surface area contributed by atoms with Crippen LogP contribution in [0.2, 0.25) is 0 Å². The standard InChI is InChI=1S/C15H25N5O2/c1-10-13(11(2)18-17-10)9-16-14(21)12-5-7-20(8-6-12)15(22)19(3)4/h12H,5-9H2,1-4H3,(H,16,21)(H,17,18). The van der Waals surface area contributed by atoms with Crippen molar-refractivity contribution < 1.29 is 9.59 Å². The maximum Gasteiger partial charge on any atom is 0.319 e. The molecule has 7 nitrogen and oxygen atoms in total. The molecule has 2 heterocycles. The van der Waals surface area contributed by atoms with E-state index >= 15 is 0 Å². The number of nitrogens with one attached hydrogen (secondary N) is 2. The topological polar surface area (TPSA) is 81.3 Å². The fourth-order valence-electron chi connectivity index (χ4n) is 2.77. The Morgan fingerprint density at radius 3 is 2.45 bits per heavy atom. The van der Waals surface area contributed by atoms with E-state index < -0.39 is 0 Å². The zero-order valence-corrected chi connectivity index (χ0v) is 13.8. The zero-order valence-electron chi connectivity index (χ0n) is 13.8. The Balaban J connectivity index is 1.82. The molecule has 2 N–H and O–H groups in total. The highest BCUT2D eigenvalue weighted by molar-refractivity contribution is 5.79. The number of hydrogen-bond acceptors (Lipinski definition) is 3. The van der Waals surface area contributed by atoms with Gasteiger partial charge in [0.15, 0.2) is 0 Å². The lowest BCUT2D eigenvalue weighted by Gasteiger charge is -2.33. The minimum atomic E-state index is -0.0151. The SMILES string of the molecule is Cc1n[nH]c(C)c1CNC(=O)C1CCN(C(=O)N(C)C)CC1. The number of carbonyl (C=O) groups excluding carboxylic acids is 2. The van der Waals surface area contributed by atoms with Crippen LogP contribution in [0.15, 0.2) is 0 Å². The van der Waals surface area contributed by atoms with Crippen LogP contribution in [0.1, 0.15) is 29.8 Å². The van der Waals surface area contributed by atoms with E-state index in [4.69, 9.17) is 0 Å². The summed E-state index contributed by atoms with van der Waals surface area (Å²) >= 11 is 0. The van der Waals surface area contributed by atoms with E-state index in [0.29, 0.717) is 19.6 Å². The molecular weight excluding hydrogens is 282 g/mol. The molecule has 0 radical (unpaired) electrons. The Hall–Kier alpha value is -2.05. The van der Waals surface area contributed by atoms with E-state index in [-0.39, 0.29) is 17.9 Å². The van der Waals surface area contributed by atoms with Crippen molar-refractivity contribution in [3.05, 3.63) is 17.0 Å². The molecule has 1 aromatic heterocycles. The van der Waals surface area contributed by atoms with E-state index in [2.05, 4.69) is 15.5 Å². The molecule has 0 aromatic carbocycles. The van der Waals surface area contributed by atoms with Crippen molar-refractivity contribution >= 4 is 11.9 Å². The largest absolute Gasteiger partial charge is 0.352 e. The van der Waals surface area contributed by atoms with Gasteiger partial charge in [0.1, 0.15) is 0 Å². The number of likely N-dealkylation sites (tertiary alicyclic amines) is 1. The summed E-state index contributed by atoms with van der Waals surface area (Å²) in [4.78, 5) is 27.5. The van der Waals surface area contributed by atoms with Crippen molar-refractivity contribution in [2.45, 2.75) is 33.2 Å². The first-order valence-electron chi connectivity index (χ1n) is 7.64. The fourth-order valence-corrected chi connectivity index (χ4v) is 2.77. The van der Waals surface area contributed by atoms with Gasteiger partial charge in [-0.05, 0) is 26.7 Å². The van der Waals surface area contributed by atoms with Crippen LogP contribution >= 0.6 is 0 Å². The predicted molar refractivity (Wildman–Crippen MR) is 83.3 cm³/mol. The van der Waals surface area contributed by atoms with Crippen LogP contribution in [0.5, 0.6) is 0 Å². The number of aromatic amines is 1. The molecule has 122 valence electrons. The lowest BCUT2D eigenvalue weighted by atomic mass is 9.96. The van der Waals surface area contributed by atoms with Crippen molar-refractivity contribution in [1.29, 1.82) is 0 Å². The Labute approximate surface area is 131 Å². The summed E-state index contributed by atoms with van der Waals surface area (Å²) in [6.45, 7) is 5.66. The van der Waals surface area contributed by atoms with Gasteiger partial charge >= 0.3 is 6.03 Å². The molecule has 0 spiro atoms. The molecule has 1 aliphatic heterocycles. The molecular formula is C15H25N5O2. The molecule has 1 saturated heterocycles. The molecule has 0 aliphatic carbocycles. The first-order chi connectivity index (χ1) is 10.4. The minimum absolute atomic E-state index is 0.0151. The number of aromatic nitrogens is 2. The number of amides is 3. The highest BCUT2D eigenvalue weighted by Crippen LogP contribution is 2.18. The molecule has 7 heteroatoms. The third-order valence-corrected chi connectivity index (χ3v) is 4.24. The summed E-state index contributed by atoms with van der Waals surface area (Å²) in [6, 6.07) is 0.0171. The molecule has 2 rings (SSSR count). The molecule has 3 amide bonds. The van der Waals surface area contributed by atoms with Gasteiger partial charge in [-0.25, -0.2) is 4.79 Å². The number of piperidine rings is 1. The van der Waals surface area contributed by atoms with E-state index in [9.17, 15) is 9.59 Å². The molecule has 1 aliphatic rings. The normalized spacial score (nSPS) is 15.7. The Kier molecular flexibility index (Phi) is 5.05. The van der Waals surface area contributed by atoms with Crippen LogP contribution in [-0.4, -0.2) is 59.1 Å². The van der Waals surface area contributed by atoms with Crippen LogP contribution < -0.4 is 5.32 Å². The van der Waals surface area contributed by atoms with Crippen LogP contribution in [0.3, 0.4) is 0 Å². The molecule has 1 aromatic rings. The quantitative estimate of drug-likeness (QED) is 0.875. The molecule has 1 fully saturated rings. The Morgan fingerprint density at radius 2 is 1.95 bits per heavy atom. The average Bonchev–Trinajstić information content (AvgIpc) is 2.83. The van der Waals surface area contributed by atoms with Gasteiger partial charge in [0.2, 0.25) is 5.91 Å². The number of urea groups is 1. The smallest absolute Gasteiger partial charge is 0.319 e. The maximum absolute atomic E-state index is 12.3. The highest BCUT2D eigenvalue weighted by Gasteiger charge is 2.27. The van der Waals surface area contributed by atoms with Gasteiger partial charge in [0.05, 0.1) is 5.69 Å². The van der Waals surface area contributed by atoms with Crippen LogP contribution in [-0.2, 0) is 11.3 Å². The monoisotopic (exact) mass is 307 g/mol. The van der Waals surface area contributed by atoms with Crippen LogP contribution in [0.4, 0.5) is 4.79 Å². The van der Waals surface area contributed by atoms with E-state index in [1.54, 1.807) is 23.9 Å². The van der Waals surface area contributed by atoms with Gasteiger partial charge in [-0.1, -0.05) is 0 Å². The number of H-pyrrole nitrogens is 1. The number of aryl methyl sites for hydroxylation is 2. The van der Waals surface area contributed by atoms with Gasteiger partial charge in [0.25, 0.3) is 0 Å². The maximum atomic E-state index is 12.3. The summed E-state index contributed by atoms with van der Waals surface area (Å²) in [5.74, 6) is 0.0516. The van der Waals surface area contributed by atoms with Crippen LogP contribution in [0, 0.1) is 19.8 Å². The van der Waals surface area contributed by atoms with Crippen molar-refractivity contribution in [2.24, 2.45) is 5.92 Å². The summed E-state index contributed by atoms with van der Waals surface area (Å²) < 4.78 is 0. The van der Waals surface area contributed by atoms with E-state index in [1.165, 1.54) is 0 Å². The molecule has 0 saturated carbocycles. The second kappa shape index (κ2) is 6.81. The number of nitrogens with zero attached hydrogens (tertiary/aromatic N) is 3. The van der Waals surface area contributed by atoms with Gasteiger partial charge in [-0.3, -0.25) is 9.89 Å². The minimum Gasteiger partial charge on any atom is -0.352 e. The summed E-state index contributed by atoms with van der Waals surface area (Å²) in [6.07, 6.45) is 1.43. The van der Waals surface area contributed by atoms with Crippen molar-refractivity contribution in [3.8, 4) is 0 Å². The van der Waals surface area contributed by atoms with E-state index in [1.807, 2.05) is 13.8 Å². The van der Waals surface area contributed by atoms with Crippen LogP contribution in [0.25, 0.3) is 0 Å². The first-order valence-corrected chi connectivity index (χ1v) is 7.64. The summed E-state index contributed by atoms with van der Waals surface area (Å²) in [5.41, 5.74) is 2.96. The van der Waals surface area contributed by atoms with Crippen molar-refractivity contribution in [3.63, 3.8) is 0 Å². The van der Waals surface area contributed by atoms with Gasteiger partial charge < -0.3 is 15.1 Å². The molecule has 0 unspecified atom stereocenters. The van der Waals surface area contributed by atoms with Gasteiger partial charge in [-0.15, -0.1) is 0 Å². The first kappa shape index (κ1) is 16.3. The Bertz CT molecular complexity index is 525. The third kappa shape index (κ3) is 3.58. The summed E-state index contributed by atoms with van der Waals surface area (Å²) in [7, 11) is 3.49. The number of rotatable bonds is 3. The fraction of sp³-hybridized carbons (Fsp3) is 0.667. The van der Waals surface area contributed by atoms with E-state index in [0.717, 1.165) is 29.8 Å². The molecule has 0 bridgehead atoms. The second-order valence-electron chi connectivity index (χ2n) is 6.07.